The second-order valence-electron chi connectivity index (χ2n) is 3.04. The molecule has 0 N–H and O–H groups in total. The molecule has 0 spiro atoms. The minimum absolute atomic E-state index is 0.109. The van der Waals surface area contributed by atoms with Crippen molar-refractivity contribution >= 4 is 6.29 Å². The van der Waals surface area contributed by atoms with Gasteiger partial charge in [-0.25, -0.2) is 8.78 Å². The van der Waals surface area contributed by atoms with E-state index in [4.69, 9.17) is 4.74 Å². The fourth-order valence-corrected chi connectivity index (χ4v) is 1.45. The Morgan fingerprint density at radius 2 is 2.20 bits per heavy atom. The molecule has 0 aliphatic heterocycles. The number of hydrogen-bond donors (Lipinski definition) is 0. The van der Waals surface area contributed by atoms with Crippen molar-refractivity contribution in [1.82, 2.24) is 0 Å². The quantitative estimate of drug-likeness (QED) is 0.704. The maximum atomic E-state index is 12.7. The Morgan fingerprint density at radius 1 is 1.47 bits per heavy atom. The van der Waals surface area contributed by atoms with E-state index >= 15 is 0 Å². The Hall–Kier alpha value is -1.45. The smallest absolute Gasteiger partial charge is 0.267 e. The summed E-state index contributed by atoms with van der Waals surface area (Å²) in [4.78, 5) is 10.2. The fraction of sp³-hybridized carbons (Fsp3) is 0.364. The van der Waals surface area contributed by atoms with Crippen LogP contribution in [0, 0.1) is 0 Å². The maximum absolute atomic E-state index is 12.7. The summed E-state index contributed by atoms with van der Waals surface area (Å²) in [5.74, 6) is 0.174. The highest BCUT2D eigenvalue weighted by Crippen LogP contribution is 2.32. The van der Waals surface area contributed by atoms with Crippen LogP contribution < -0.4 is 4.74 Å². The van der Waals surface area contributed by atoms with Gasteiger partial charge in [-0.15, -0.1) is 0 Å². The molecule has 0 saturated carbocycles. The minimum Gasteiger partial charge on any atom is -0.496 e. The first-order valence-corrected chi connectivity index (χ1v) is 4.58. The van der Waals surface area contributed by atoms with Gasteiger partial charge in [-0.3, -0.25) is 0 Å². The standard InChI is InChI=1S/C11H12F2O2/c1-15-9-6-2-4-8(5-3-7-14)10(9)11(12)13/h2,4,6-7,11H,3,5H2,1H3. The van der Waals surface area contributed by atoms with Gasteiger partial charge in [0.1, 0.15) is 12.0 Å². The lowest BCUT2D eigenvalue weighted by Gasteiger charge is -2.12. The van der Waals surface area contributed by atoms with Crippen LogP contribution in [-0.4, -0.2) is 13.4 Å². The number of aryl methyl sites for hydroxylation is 1. The van der Waals surface area contributed by atoms with E-state index in [0.717, 1.165) is 0 Å². The summed E-state index contributed by atoms with van der Waals surface area (Å²) < 4.78 is 30.3. The number of aldehydes is 1. The van der Waals surface area contributed by atoms with Gasteiger partial charge in [0.15, 0.2) is 0 Å². The third-order valence-corrected chi connectivity index (χ3v) is 2.13. The lowest BCUT2D eigenvalue weighted by atomic mass is 10.0. The van der Waals surface area contributed by atoms with Crippen LogP contribution in [0.4, 0.5) is 8.78 Å². The first-order chi connectivity index (χ1) is 7.20. The van der Waals surface area contributed by atoms with Crippen molar-refractivity contribution in [3.05, 3.63) is 29.3 Å². The second kappa shape index (κ2) is 5.44. The number of ether oxygens (including phenoxy) is 1. The van der Waals surface area contributed by atoms with Gasteiger partial charge in [0.2, 0.25) is 0 Å². The number of benzene rings is 1. The number of carbonyl (C=O) groups excluding carboxylic acids is 1. The molecule has 0 aliphatic carbocycles. The molecule has 15 heavy (non-hydrogen) atoms. The molecule has 82 valence electrons. The van der Waals surface area contributed by atoms with E-state index < -0.39 is 6.43 Å². The molecule has 0 fully saturated rings. The zero-order valence-electron chi connectivity index (χ0n) is 8.37. The summed E-state index contributed by atoms with van der Waals surface area (Å²) in [6.45, 7) is 0. The lowest BCUT2D eigenvalue weighted by Crippen LogP contribution is -1.99. The SMILES string of the molecule is COc1cccc(CCC=O)c1C(F)F. The monoisotopic (exact) mass is 214 g/mol. The van der Waals surface area contributed by atoms with E-state index in [0.29, 0.717) is 18.3 Å². The van der Waals surface area contributed by atoms with Gasteiger partial charge in [0.25, 0.3) is 6.43 Å². The van der Waals surface area contributed by atoms with Crippen LogP contribution in [0.5, 0.6) is 5.75 Å². The lowest BCUT2D eigenvalue weighted by molar-refractivity contribution is -0.107. The molecule has 1 rings (SSSR count). The van der Waals surface area contributed by atoms with Crippen molar-refractivity contribution in [2.75, 3.05) is 7.11 Å². The van der Waals surface area contributed by atoms with Crippen molar-refractivity contribution < 1.29 is 18.3 Å². The number of carbonyl (C=O) groups is 1. The van der Waals surface area contributed by atoms with Gasteiger partial charge in [-0.05, 0) is 18.1 Å². The molecular weight excluding hydrogens is 202 g/mol. The van der Waals surface area contributed by atoms with Gasteiger partial charge in [-0.2, -0.15) is 0 Å². The summed E-state index contributed by atoms with van der Waals surface area (Å²) in [7, 11) is 1.35. The number of hydrogen-bond acceptors (Lipinski definition) is 2. The number of alkyl halides is 2. The van der Waals surface area contributed by atoms with Crippen LogP contribution in [0.3, 0.4) is 0 Å². The van der Waals surface area contributed by atoms with E-state index in [-0.39, 0.29) is 17.7 Å². The molecule has 0 amide bonds. The van der Waals surface area contributed by atoms with Crippen molar-refractivity contribution in [1.29, 1.82) is 0 Å². The molecule has 0 radical (unpaired) electrons. The average molecular weight is 214 g/mol. The first-order valence-electron chi connectivity index (χ1n) is 4.58. The fourth-order valence-electron chi connectivity index (χ4n) is 1.45. The number of methoxy groups -OCH3 is 1. The predicted octanol–water partition coefficient (Wildman–Crippen LogP) is 2.76. The Labute approximate surface area is 86.9 Å². The highest BCUT2D eigenvalue weighted by molar-refractivity contribution is 5.51. The minimum atomic E-state index is -2.58. The molecule has 0 bridgehead atoms. The third-order valence-electron chi connectivity index (χ3n) is 2.13. The molecule has 1 aromatic rings. The Bertz CT molecular complexity index is 337. The Balaban J connectivity index is 3.07. The van der Waals surface area contributed by atoms with Crippen LogP contribution in [0.25, 0.3) is 0 Å². The summed E-state index contributed by atoms with van der Waals surface area (Å²) in [5, 5.41) is 0. The van der Waals surface area contributed by atoms with Crippen LogP contribution >= 0.6 is 0 Å². The number of halogens is 2. The molecule has 4 heteroatoms. The average Bonchev–Trinajstić information content (AvgIpc) is 2.25. The van der Waals surface area contributed by atoms with Gasteiger partial charge >= 0.3 is 0 Å². The maximum Gasteiger partial charge on any atom is 0.267 e. The first kappa shape index (κ1) is 11.6. The van der Waals surface area contributed by atoms with E-state index in [1.807, 2.05) is 0 Å². The molecule has 1 aromatic carbocycles. The molecule has 0 aromatic heterocycles. The molecular formula is C11H12F2O2. The van der Waals surface area contributed by atoms with E-state index in [9.17, 15) is 13.6 Å². The largest absolute Gasteiger partial charge is 0.496 e. The molecule has 0 heterocycles. The summed E-state index contributed by atoms with van der Waals surface area (Å²) in [6.07, 6.45) is -1.30. The van der Waals surface area contributed by atoms with Gasteiger partial charge in [0.05, 0.1) is 12.7 Å². The van der Waals surface area contributed by atoms with Crippen molar-refractivity contribution in [3.8, 4) is 5.75 Å². The van der Waals surface area contributed by atoms with Crippen LogP contribution in [0.2, 0.25) is 0 Å². The van der Waals surface area contributed by atoms with Crippen molar-refractivity contribution in [2.45, 2.75) is 19.3 Å². The van der Waals surface area contributed by atoms with Crippen molar-refractivity contribution in [2.24, 2.45) is 0 Å². The van der Waals surface area contributed by atoms with E-state index in [1.54, 1.807) is 12.1 Å². The Morgan fingerprint density at radius 3 is 2.73 bits per heavy atom. The Kier molecular flexibility index (Phi) is 4.21. The van der Waals surface area contributed by atoms with Crippen molar-refractivity contribution in [3.63, 3.8) is 0 Å². The van der Waals surface area contributed by atoms with Crippen LogP contribution in [0.1, 0.15) is 24.0 Å². The van der Waals surface area contributed by atoms with E-state index in [1.165, 1.54) is 13.2 Å². The highest BCUT2D eigenvalue weighted by atomic mass is 19.3. The van der Waals surface area contributed by atoms with Gasteiger partial charge in [-0.1, -0.05) is 12.1 Å². The molecule has 0 unspecified atom stereocenters. The summed E-state index contributed by atoms with van der Waals surface area (Å²) in [6, 6.07) is 4.73. The van der Waals surface area contributed by atoms with Crippen LogP contribution in [0.15, 0.2) is 18.2 Å². The predicted molar refractivity (Wildman–Crippen MR) is 52.3 cm³/mol. The molecule has 0 aliphatic rings. The number of rotatable bonds is 5. The highest BCUT2D eigenvalue weighted by Gasteiger charge is 2.17. The summed E-state index contributed by atoms with van der Waals surface area (Å²) in [5.41, 5.74) is 0.360. The normalized spacial score (nSPS) is 10.4. The second-order valence-corrected chi connectivity index (χ2v) is 3.04. The molecule has 2 nitrogen and oxygen atoms in total. The zero-order chi connectivity index (χ0) is 11.3. The van der Waals surface area contributed by atoms with Crippen LogP contribution in [-0.2, 0) is 11.2 Å². The van der Waals surface area contributed by atoms with Gasteiger partial charge in [0, 0.05) is 6.42 Å². The topological polar surface area (TPSA) is 26.3 Å². The molecule has 0 atom stereocenters. The van der Waals surface area contributed by atoms with E-state index in [2.05, 4.69) is 0 Å². The third kappa shape index (κ3) is 2.75. The van der Waals surface area contributed by atoms with Gasteiger partial charge < -0.3 is 9.53 Å². The zero-order valence-corrected chi connectivity index (χ0v) is 8.37. The molecule has 0 saturated heterocycles. The summed E-state index contributed by atoms with van der Waals surface area (Å²) >= 11 is 0.